The molecule has 3 fully saturated rings. The van der Waals surface area contributed by atoms with E-state index in [-0.39, 0.29) is 0 Å². The van der Waals surface area contributed by atoms with Crippen molar-refractivity contribution < 1.29 is 0 Å². The molecule has 26 heavy (non-hydrogen) atoms. The Balaban J connectivity index is 1.73. The molecule has 0 nitrogen and oxygen atoms in total. The molecular weight excluding hydrogens is 312 g/mol. The van der Waals surface area contributed by atoms with Crippen LogP contribution in [0.2, 0.25) is 0 Å². The molecule has 3 saturated carbocycles. The summed E-state index contributed by atoms with van der Waals surface area (Å²) in [5, 5.41) is 0. The molecule has 3 aliphatic carbocycles. The zero-order valence-corrected chi connectivity index (χ0v) is 18.7. The van der Waals surface area contributed by atoms with Crippen molar-refractivity contribution in [3.05, 3.63) is 0 Å². The fourth-order valence-corrected chi connectivity index (χ4v) is 8.22. The third kappa shape index (κ3) is 3.91. The molecule has 0 aromatic rings. The van der Waals surface area contributed by atoms with Gasteiger partial charge in [0.2, 0.25) is 0 Å². The van der Waals surface area contributed by atoms with E-state index < -0.39 is 0 Å². The smallest absolute Gasteiger partial charge is 0.0266 e. The fourth-order valence-electron chi connectivity index (χ4n) is 8.22. The Labute approximate surface area is 165 Å². The van der Waals surface area contributed by atoms with Crippen molar-refractivity contribution in [2.75, 3.05) is 0 Å². The maximum atomic E-state index is 2.73. The highest BCUT2D eigenvalue weighted by Gasteiger charge is 2.52. The minimum atomic E-state index is 0.683. The molecule has 0 heteroatoms. The first kappa shape index (κ1) is 20.7. The molecule has 0 aliphatic heterocycles. The Hall–Kier alpha value is 0. The number of rotatable bonds is 7. The lowest BCUT2D eigenvalue weighted by atomic mass is 9.49. The maximum absolute atomic E-state index is 2.73. The normalized spacial score (nSPS) is 44.7. The lowest BCUT2D eigenvalue weighted by Crippen LogP contribution is -2.47. The molecule has 0 spiro atoms. The number of hydrogen-bond acceptors (Lipinski definition) is 0. The van der Waals surface area contributed by atoms with E-state index >= 15 is 0 Å². The molecule has 0 N–H and O–H groups in total. The molecule has 0 heterocycles. The maximum Gasteiger partial charge on any atom is -0.0266 e. The van der Waals surface area contributed by atoms with Crippen molar-refractivity contribution >= 4 is 0 Å². The minimum Gasteiger partial charge on any atom is -0.0654 e. The Morgan fingerprint density at radius 1 is 0.923 bits per heavy atom. The van der Waals surface area contributed by atoms with Gasteiger partial charge in [-0.2, -0.15) is 0 Å². The van der Waals surface area contributed by atoms with Gasteiger partial charge >= 0.3 is 0 Å². The van der Waals surface area contributed by atoms with Gasteiger partial charge < -0.3 is 0 Å². The van der Waals surface area contributed by atoms with Crippen LogP contribution in [0.4, 0.5) is 0 Å². The van der Waals surface area contributed by atoms with Crippen molar-refractivity contribution in [2.45, 2.75) is 118 Å². The summed E-state index contributed by atoms with van der Waals surface area (Å²) < 4.78 is 0. The highest BCUT2D eigenvalue weighted by Crippen LogP contribution is 2.61. The first-order valence-electron chi connectivity index (χ1n) is 12.5. The van der Waals surface area contributed by atoms with E-state index in [0.717, 1.165) is 41.4 Å². The van der Waals surface area contributed by atoms with Gasteiger partial charge in [-0.15, -0.1) is 0 Å². The number of unbranched alkanes of at least 4 members (excludes halogenated alkanes) is 1. The van der Waals surface area contributed by atoms with Gasteiger partial charge in [0.05, 0.1) is 0 Å². The Kier molecular flexibility index (Phi) is 7.17. The predicted molar refractivity (Wildman–Crippen MR) is 115 cm³/mol. The summed E-state index contributed by atoms with van der Waals surface area (Å²) in [6.07, 6.45) is 19.5. The van der Waals surface area contributed by atoms with Crippen LogP contribution in [0.1, 0.15) is 118 Å². The average Bonchev–Trinajstić information content (AvgIpc) is 3.02. The molecule has 0 aromatic carbocycles. The van der Waals surface area contributed by atoms with Crippen LogP contribution in [0.25, 0.3) is 0 Å². The standard InChI is InChI=1S/C26H48/c1-6-8-12-19(3)22-16-17-23(20(22)4)24-15-14-21-13-9-10-18-26(21,5)25(24)11-7-2/h19-25H,6-18H2,1-5H3. The Morgan fingerprint density at radius 2 is 1.69 bits per heavy atom. The van der Waals surface area contributed by atoms with Crippen molar-refractivity contribution in [3.63, 3.8) is 0 Å². The van der Waals surface area contributed by atoms with Gasteiger partial charge in [0.25, 0.3) is 0 Å². The van der Waals surface area contributed by atoms with Crippen LogP contribution < -0.4 is 0 Å². The van der Waals surface area contributed by atoms with Crippen molar-refractivity contribution in [1.82, 2.24) is 0 Å². The molecule has 0 aromatic heterocycles. The van der Waals surface area contributed by atoms with Crippen LogP contribution in [0.15, 0.2) is 0 Å². The predicted octanol–water partition coefficient (Wildman–Crippen LogP) is 8.50. The largest absolute Gasteiger partial charge is 0.0654 e. The fraction of sp³-hybridized carbons (Fsp3) is 1.00. The third-order valence-electron chi connectivity index (χ3n) is 9.74. The third-order valence-corrected chi connectivity index (χ3v) is 9.74. The second-order valence-corrected chi connectivity index (χ2v) is 11.0. The van der Waals surface area contributed by atoms with Crippen molar-refractivity contribution in [3.8, 4) is 0 Å². The first-order chi connectivity index (χ1) is 12.5. The van der Waals surface area contributed by atoms with Gasteiger partial charge in [-0.25, -0.2) is 0 Å². The molecule has 0 amide bonds. The zero-order chi connectivity index (χ0) is 18.7. The molecular formula is C26H48. The second kappa shape index (κ2) is 9.00. The quantitative estimate of drug-likeness (QED) is 0.427. The van der Waals surface area contributed by atoms with Gasteiger partial charge in [0, 0.05) is 0 Å². The summed E-state index contributed by atoms with van der Waals surface area (Å²) in [7, 11) is 0. The minimum absolute atomic E-state index is 0.683. The molecule has 8 unspecified atom stereocenters. The van der Waals surface area contributed by atoms with Crippen LogP contribution >= 0.6 is 0 Å². The summed E-state index contributed by atoms with van der Waals surface area (Å²) in [5.41, 5.74) is 0.683. The Morgan fingerprint density at radius 3 is 2.42 bits per heavy atom. The summed E-state index contributed by atoms with van der Waals surface area (Å²) in [5.74, 6) is 7.14. The van der Waals surface area contributed by atoms with E-state index in [1.54, 1.807) is 25.7 Å². The zero-order valence-electron chi connectivity index (χ0n) is 18.7. The summed E-state index contributed by atoms with van der Waals surface area (Å²) in [6.45, 7) is 12.8. The van der Waals surface area contributed by atoms with Gasteiger partial charge in [0.15, 0.2) is 0 Å². The van der Waals surface area contributed by atoms with E-state index in [1.807, 2.05) is 0 Å². The lowest BCUT2D eigenvalue weighted by molar-refractivity contribution is -0.0637. The second-order valence-electron chi connectivity index (χ2n) is 11.0. The highest BCUT2D eigenvalue weighted by molar-refractivity contribution is 5.01. The molecule has 152 valence electrons. The summed E-state index contributed by atoms with van der Waals surface area (Å²) >= 11 is 0. The lowest BCUT2D eigenvalue weighted by Gasteiger charge is -2.56. The molecule has 8 atom stereocenters. The van der Waals surface area contributed by atoms with Gasteiger partial charge in [-0.1, -0.05) is 73.1 Å². The van der Waals surface area contributed by atoms with Crippen LogP contribution in [0.5, 0.6) is 0 Å². The molecule has 3 aliphatic rings. The van der Waals surface area contributed by atoms with Crippen LogP contribution in [-0.4, -0.2) is 0 Å². The van der Waals surface area contributed by atoms with E-state index in [2.05, 4.69) is 34.6 Å². The van der Waals surface area contributed by atoms with Crippen molar-refractivity contribution in [1.29, 1.82) is 0 Å². The van der Waals surface area contributed by atoms with Crippen molar-refractivity contribution in [2.24, 2.45) is 46.8 Å². The monoisotopic (exact) mass is 360 g/mol. The molecule has 0 radical (unpaired) electrons. The van der Waals surface area contributed by atoms with Crippen LogP contribution in [0.3, 0.4) is 0 Å². The molecule has 0 bridgehead atoms. The first-order valence-corrected chi connectivity index (χ1v) is 12.5. The summed E-state index contributed by atoms with van der Waals surface area (Å²) in [4.78, 5) is 0. The van der Waals surface area contributed by atoms with Gasteiger partial charge in [0.1, 0.15) is 0 Å². The average molecular weight is 361 g/mol. The van der Waals surface area contributed by atoms with Crippen LogP contribution in [-0.2, 0) is 0 Å². The molecule has 0 saturated heterocycles. The number of hydrogen-bond donors (Lipinski definition) is 0. The number of fused-ring (bicyclic) bond motifs is 1. The van der Waals surface area contributed by atoms with Crippen LogP contribution in [0, 0.1) is 46.8 Å². The van der Waals surface area contributed by atoms with E-state index in [9.17, 15) is 0 Å². The van der Waals surface area contributed by atoms with E-state index in [0.29, 0.717) is 5.41 Å². The SMILES string of the molecule is CCCCC(C)C1CCC(C2CCC3CCCCC3(C)C2CCC)C1C. The highest BCUT2D eigenvalue weighted by atomic mass is 14.6. The van der Waals surface area contributed by atoms with E-state index in [4.69, 9.17) is 0 Å². The topological polar surface area (TPSA) is 0 Å². The molecule has 3 rings (SSSR count). The van der Waals surface area contributed by atoms with E-state index in [1.165, 1.54) is 57.8 Å². The summed E-state index contributed by atoms with van der Waals surface area (Å²) in [6, 6.07) is 0. The van der Waals surface area contributed by atoms with Gasteiger partial charge in [-0.3, -0.25) is 0 Å². The Bertz CT molecular complexity index is 426. The van der Waals surface area contributed by atoms with Gasteiger partial charge in [-0.05, 0) is 91.8 Å².